The molecule has 14 atom stereocenters. The van der Waals surface area contributed by atoms with Gasteiger partial charge in [0.05, 0.1) is 29.5 Å². The summed E-state index contributed by atoms with van der Waals surface area (Å²) in [6, 6.07) is 15.1. The first kappa shape index (κ1) is 75.6. The molecule has 0 radical (unpaired) electrons. The molecular weight excluding hydrogens is 1260 g/mol. The number of halogens is 2. The number of benzene rings is 3. The van der Waals surface area contributed by atoms with E-state index < -0.39 is 190 Å². The highest BCUT2D eigenvalue weighted by atomic mass is 19.2. The lowest BCUT2D eigenvalue weighted by molar-refractivity contribution is -0.266. The third kappa shape index (κ3) is 17.5. The molecule has 3 saturated carbocycles. The van der Waals surface area contributed by atoms with Crippen molar-refractivity contribution in [3.05, 3.63) is 124 Å². The number of ketones is 2. The lowest BCUT2D eigenvalue weighted by atomic mass is 9.37. The van der Waals surface area contributed by atoms with Crippen LogP contribution in [0, 0.1) is 45.6 Å². The first-order chi connectivity index (χ1) is 45.4. The van der Waals surface area contributed by atoms with Gasteiger partial charge < -0.3 is 67.0 Å². The molecule has 0 aromatic heterocycles. The summed E-state index contributed by atoms with van der Waals surface area (Å²) in [5.74, 6) is -13.1. The maximum absolute atomic E-state index is 15.3. The fourth-order valence-electron chi connectivity index (χ4n) is 14.2. The number of fused-ring (bicyclic) bond motifs is 5. The van der Waals surface area contributed by atoms with Gasteiger partial charge in [-0.25, -0.2) is 23.2 Å². The number of Topliss-reactive ketones (excluding diaryl/α,β-unsaturated/α-hetero) is 2. The molecule has 526 valence electrons. The number of unbranched alkanes of at least 4 members (excludes halogenated alkanes) is 1. The SMILES string of the molecule is CC1=C2[C@@H](O)C(=O)[C@@]3(C)[C@H]([C@H](OC(=O)c4ccccc4)[C@](O)(C[C@@H]1OC(=O)[C@H](OC(=O)CCC(=O)NCCCCC(NC(=O)CC[C@H](CC(=O)C(C)NC(=O)/C=C/c1ccc(F)c(F)c1)C(N)=O)C(N)=O)[C@H](NC(=O)OC(C)(C)C)c1ccccc1)C2(C)C)[C@]1(C)CC[C@@H]1C[C@@H]3O. The van der Waals surface area contributed by atoms with Gasteiger partial charge >= 0.3 is 24.0 Å². The highest BCUT2D eigenvalue weighted by Gasteiger charge is 2.74. The van der Waals surface area contributed by atoms with Crippen molar-refractivity contribution in [2.24, 2.45) is 45.5 Å². The van der Waals surface area contributed by atoms with Gasteiger partial charge in [-0.1, -0.05) is 75.4 Å². The van der Waals surface area contributed by atoms with E-state index in [0.717, 1.165) is 18.2 Å². The van der Waals surface area contributed by atoms with Crippen molar-refractivity contribution in [2.45, 2.75) is 199 Å². The Balaban J connectivity index is 1.01. The maximum Gasteiger partial charge on any atom is 0.408 e. The van der Waals surface area contributed by atoms with E-state index >= 15 is 9.59 Å². The van der Waals surface area contributed by atoms with Crippen LogP contribution in [-0.2, 0) is 62.1 Å². The summed E-state index contributed by atoms with van der Waals surface area (Å²) in [5, 5.41) is 48.6. The first-order valence-electron chi connectivity index (χ1n) is 32.6. The van der Waals surface area contributed by atoms with Crippen LogP contribution < -0.4 is 32.7 Å². The zero-order valence-electron chi connectivity index (χ0n) is 56.1. The van der Waals surface area contributed by atoms with Crippen molar-refractivity contribution < 1.29 is 95.8 Å². The number of nitrogens with two attached hydrogens (primary N) is 2. The number of rotatable bonds is 28. The molecule has 26 heteroatoms. The van der Waals surface area contributed by atoms with E-state index in [0.29, 0.717) is 12.8 Å². The predicted molar refractivity (Wildman–Crippen MR) is 346 cm³/mol. The molecule has 3 aromatic carbocycles. The molecular formula is C71H90F2N6O18. The minimum atomic E-state index is -2.28. The zero-order valence-corrected chi connectivity index (χ0v) is 56.1. The highest BCUT2D eigenvalue weighted by Crippen LogP contribution is 2.69. The smallest absolute Gasteiger partial charge is 0.408 e. The number of amides is 6. The molecule has 11 N–H and O–H groups in total. The molecule has 0 heterocycles. The molecule has 2 unspecified atom stereocenters. The van der Waals surface area contributed by atoms with E-state index in [1.54, 1.807) is 71.0 Å². The zero-order chi connectivity index (χ0) is 71.7. The summed E-state index contributed by atoms with van der Waals surface area (Å²) in [7, 11) is 0. The van der Waals surface area contributed by atoms with Gasteiger partial charge in [0, 0.05) is 55.6 Å². The molecule has 2 bridgehead atoms. The quantitative estimate of drug-likeness (QED) is 0.0134. The van der Waals surface area contributed by atoms with Crippen LogP contribution in [0.2, 0.25) is 0 Å². The fourth-order valence-corrected chi connectivity index (χ4v) is 14.2. The number of aliphatic hydroxyl groups is 3. The molecule has 3 fully saturated rings. The lowest BCUT2D eigenvalue weighted by Crippen LogP contribution is -2.75. The number of hydrogen-bond acceptors (Lipinski definition) is 18. The Morgan fingerprint density at radius 2 is 1.45 bits per heavy atom. The number of hydrogen-bond donors (Lipinski definition) is 9. The van der Waals surface area contributed by atoms with Crippen molar-refractivity contribution in [1.29, 1.82) is 0 Å². The number of esters is 3. The number of alkyl carbamates (subject to hydrolysis) is 1. The Labute approximate surface area is 561 Å². The molecule has 0 spiro atoms. The Morgan fingerprint density at radius 3 is 2.06 bits per heavy atom. The summed E-state index contributed by atoms with van der Waals surface area (Å²) >= 11 is 0. The molecule has 3 aromatic rings. The molecule has 4 aliphatic rings. The molecule has 0 aliphatic heterocycles. The fraction of sp³-hybridized carbons (Fsp3) is 0.535. The van der Waals surface area contributed by atoms with Crippen LogP contribution in [0.25, 0.3) is 6.08 Å². The Hall–Kier alpha value is -8.75. The largest absolute Gasteiger partial charge is 0.455 e. The number of carbonyl (C=O) groups excluding carboxylic acids is 11. The average molecular weight is 1350 g/mol. The van der Waals surface area contributed by atoms with Crippen molar-refractivity contribution in [3.8, 4) is 0 Å². The minimum absolute atomic E-state index is 0.0135. The first-order valence-corrected chi connectivity index (χ1v) is 32.6. The third-order valence-electron chi connectivity index (χ3n) is 19.9. The number of aliphatic hydroxyl groups excluding tert-OH is 2. The van der Waals surface area contributed by atoms with Crippen LogP contribution in [-0.4, -0.2) is 141 Å². The van der Waals surface area contributed by atoms with Crippen LogP contribution in [0.3, 0.4) is 0 Å². The van der Waals surface area contributed by atoms with Gasteiger partial charge in [-0.15, -0.1) is 0 Å². The standard InChI is InChI=1S/C71H90F2N6O18/c1-38-49(37-71(93)61(96-64(90)42-20-14-11-15-21-42)59-69(8)32-31-44(69)36-50(81)70(59,9)60(87)57(86)55(38)68(71,6)7)94-65(91)58(56(41-18-12-10-13-19-41)79-66(92)97-67(3,4)5)95-54(85)30-29-51(82)76-33-17-16-22-47(63(75)89)78-53(84)28-25-43(62(74)88)35-48(80)39(2)77-52(83)27-24-40-23-26-45(72)46(73)34-40/h10-15,18-21,23-24,26-27,34,39,43-44,47,49-50,56-59,61,81,86,93H,16-17,22,25,28-33,35-37H2,1-9H3,(H2,74,88)(H2,75,89)(H,76,82)(H,77,83)(H,78,84)(H,79,92)/b27-24+/t39?,43-,44-,47?,49+,50+,56-,57-,58-,59-,61+,69-,70-,71-/m1/s1. The summed E-state index contributed by atoms with van der Waals surface area (Å²) in [4.78, 5) is 149. The van der Waals surface area contributed by atoms with Crippen LogP contribution >= 0.6 is 0 Å². The van der Waals surface area contributed by atoms with Crippen LogP contribution in [0.5, 0.6) is 0 Å². The van der Waals surface area contributed by atoms with E-state index in [4.69, 9.17) is 30.4 Å². The van der Waals surface area contributed by atoms with Crippen LogP contribution in [0.15, 0.2) is 96.1 Å². The summed E-state index contributed by atoms with van der Waals surface area (Å²) < 4.78 is 51.2. The molecule has 97 heavy (non-hydrogen) atoms. The second kappa shape index (κ2) is 31.2. The van der Waals surface area contributed by atoms with Gasteiger partial charge in [0.25, 0.3) is 0 Å². The van der Waals surface area contributed by atoms with Crippen molar-refractivity contribution in [3.63, 3.8) is 0 Å². The van der Waals surface area contributed by atoms with Crippen LogP contribution in [0.4, 0.5) is 13.6 Å². The van der Waals surface area contributed by atoms with Crippen LogP contribution in [0.1, 0.15) is 167 Å². The summed E-state index contributed by atoms with van der Waals surface area (Å²) in [5.41, 5.74) is 4.18. The van der Waals surface area contributed by atoms with Gasteiger partial charge in [0.1, 0.15) is 41.6 Å². The Morgan fingerprint density at radius 1 is 0.794 bits per heavy atom. The van der Waals surface area contributed by atoms with E-state index in [1.165, 1.54) is 57.2 Å². The molecule has 0 saturated heterocycles. The number of primary amides is 2. The monoisotopic (exact) mass is 1350 g/mol. The van der Waals surface area contributed by atoms with Gasteiger partial charge in [0.2, 0.25) is 35.6 Å². The summed E-state index contributed by atoms with van der Waals surface area (Å²) in [6.45, 7) is 14.3. The summed E-state index contributed by atoms with van der Waals surface area (Å²) in [6.07, 6.45) is -8.08. The van der Waals surface area contributed by atoms with E-state index in [2.05, 4.69) is 21.3 Å². The third-order valence-corrected chi connectivity index (χ3v) is 19.9. The van der Waals surface area contributed by atoms with E-state index in [1.807, 2.05) is 6.92 Å². The van der Waals surface area contributed by atoms with Gasteiger partial charge in [0.15, 0.2) is 23.2 Å². The Bertz CT molecular complexity index is 3540. The van der Waals surface area contributed by atoms with Gasteiger partial charge in [-0.3, -0.25) is 38.4 Å². The second-order valence-electron chi connectivity index (χ2n) is 27.8. The number of nitrogens with one attached hydrogen (secondary N) is 4. The van der Waals surface area contributed by atoms with Crippen molar-refractivity contribution >= 4 is 71.2 Å². The number of carbonyl (C=O) groups is 11. The molecule has 7 rings (SSSR count). The minimum Gasteiger partial charge on any atom is -0.455 e. The normalized spacial score (nSPS) is 25.6. The number of ether oxygens (including phenoxy) is 4. The predicted octanol–water partition coefficient (Wildman–Crippen LogP) is 5.90. The topological polar surface area (TPSA) is 386 Å². The average Bonchev–Trinajstić information content (AvgIpc) is 0.674. The van der Waals surface area contributed by atoms with Crippen molar-refractivity contribution in [1.82, 2.24) is 21.3 Å². The van der Waals surface area contributed by atoms with Gasteiger partial charge in [-0.2, -0.15) is 0 Å². The molecule has 6 amide bonds. The maximum atomic E-state index is 15.3. The second-order valence-corrected chi connectivity index (χ2v) is 27.8. The molecule has 24 nitrogen and oxygen atoms in total. The van der Waals surface area contributed by atoms with Crippen molar-refractivity contribution in [2.75, 3.05) is 6.54 Å². The van der Waals surface area contributed by atoms with E-state index in [9.17, 15) is 67.3 Å². The van der Waals surface area contributed by atoms with Gasteiger partial charge in [-0.05, 0) is 150 Å². The highest BCUT2D eigenvalue weighted by molar-refractivity contribution is 5.97. The molecule has 4 aliphatic carbocycles. The Kier molecular flexibility index (Phi) is 24.3. The van der Waals surface area contributed by atoms with E-state index in [-0.39, 0.29) is 78.8 Å². The lowest BCUT2D eigenvalue weighted by Gasteiger charge is -2.68.